The summed E-state index contributed by atoms with van der Waals surface area (Å²) < 4.78 is 6.64. The molecule has 3 nitrogen and oxygen atoms in total. The molecule has 0 amide bonds. The molecule has 106 valence electrons. The van der Waals surface area contributed by atoms with Crippen molar-refractivity contribution in [2.45, 2.75) is 37.8 Å². The van der Waals surface area contributed by atoms with E-state index in [4.69, 9.17) is 22.1 Å². The van der Waals surface area contributed by atoms with Crippen molar-refractivity contribution >= 4 is 33.2 Å². The van der Waals surface area contributed by atoms with Crippen molar-refractivity contribution in [3.05, 3.63) is 27.7 Å². The molecule has 1 heterocycles. The van der Waals surface area contributed by atoms with Crippen molar-refractivity contribution in [3.63, 3.8) is 0 Å². The largest absolute Gasteiger partial charge is 0.378 e. The minimum absolute atomic E-state index is 0.0872. The number of hydrogen-bond acceptors (Lipinski definition) is 3. The van der Waals surface area contributed by atoms with Gasteiger partial charge >= 0.3 is 0 Å². The van der Waals surface area contributed by atoms with E-state index >= 15 is 0 Å². The van der Waals surface area contributed by atoms with Gasteiger partial charge in [0, 0.05) is 23.3 Å². The van der Waals surface area contributed by atoms with Crippen LogP contribution in [0, 0.1) is 0 Å². The van der Waals surface area contributed by atoms with Crippen LogP contribution in [0.3, 0.4) is 0 Å². The Kier molecular flexibility index (Phi) is 5.12. The summed E-state index contributed by atoms with van der Waals surface area (Å²) in [7, 11) is 0. The van der Waals surface area contributed by atoms with Gasteiger partial charge in [-0.2, -0.15) is 0 Å². The molecule has 0 radical (unpaired) electrons. The molecule has 1 aliphatic heterocycles. The fourth-order valence-electron chi connectivity index (χ4n) is 2.51. The molecule has 0 bridgehead atoms. The molecular weight excluding hydrogens is 328 g/mol. The van der Waals surface area contributed by atoms with E-state index < -0.39 is 0 Å². The standard InChI is InChI=1S/C14H20BrClN2O/c1-2-11-8-14(9-17,5-6-19-11)18-10-3-4-12(15)13(16)7-10/h3-4,7,11,18H,2,5-6,8-9,17H2,1H3. The average Bonchev–Trinajstić information content (AvgIpc) is 2.43. The number of halogens is 2. The van der Waals surface area contributed by atoms with Gasteiger partial charge < -0.3 is 15.8 Å². The highest BCUT2D eigenvalue weighted by Gasteiger charge is 2.35. The van der Waals surface area contributed by atoms with E-state index in [1.54, 1.807) is 0 Å². The van der Waals surface area contributed by atoms with Crippen molar-refractivity contribution in [2.24, 2.45) is 5.73 Å². The Bertz CT molecular complexity index is 443. The molecule has 2 rings (SSSR count). The Morgan fingerprint density at radius 1 is 1.58 bits per heavy atom. The molecule has 19 heavy (non-hydrogen) atoms. The molecule has 0 spiro atoms. The molecule has 0 aliphatic carbocycles. The van der Waals surface area contributed by atoms with Gasteiger partial charge in [-0.3, -0.25) is 0 Å². The number of anilines is 1. The van der Waals surface area contributed by atoms with Gasteiger partial charge in [-0.15, -0.1) is 0 Å². The molecule has 2 atom stereocenters. The summed E-state index contributed by atoms with van der Waals surface area (Å²) in [5.74, 6) is 0. The Labute approximate surface area is 128 Å². The second-order valence-corrected chi connectivity index (χ2v) is 6.36. The predicted octanol–water partition coefficient (Wildman–Crippen LogP) is 3.80. The molecule has 1 aromatic carbocycles. The first kappa shape index (κ1) is 15.1. The molecule has 2 unspecified atom stereocenters. The highest BCUT2D eigenvalue weighted by molar-refractivity contribution is 9.10. The third kappa shape index (κ3) is 3.63. The lowest BCUT2D eigenvalue weighted by Crippen LogP contribution is -2.52. The van der Waals surface area contributed by atoms with Crippen LogP contribution in [0.25, 0.3) is 0 Å². The molecule has 1 saturated heterocycles. The van der Waals surface area contributed by atoms with Crippen LogP contribution in [0.2, 0.25) is 5.02 Å². The number of nitrogens with two attached hydrogens (primary N) is 1. The van der Waals surface area contributed by atoms with Crippen LogP contribution in [0.4, 0.5) is 5.69 Å². The van der Waals surface area contributed by atoms with Crippen LogP contribution in [0.1, 0.15) is 26.2 Å². The SMILES string of the molecule is CCC1CC(CN)(Nc2ccc(Br)c(Cl)c2)CCO1. The topological polar surface area (TPSA) is 47.3 Å². The summed E-state index contributed by atoms with van der Waals surface area (Å²) in [5.41, 5.74) is 6.93. The molecule has 1 aliphatic rings. The molecule has 1 fully saturated rings. The second-order valence-electron chi connectivity index (χ2n) is 5.09. The first-order valence-electron chi connectivity index (χ1n) is 6.63. The van der Waals surface area contributed by atoms with E-state index in [1.807, 2.05) is 18.2 Å². The zero-order valence-corrected chi connectivity index (χ0v) is 13.4. The lowest BCUT2D eigenvalue weighted by Gasteiger charge is -2.41. The third-order valence-corrected chi connectivity index (χ3v) is 4.96. The zero-order chi connectivity index (χ0) is 13.9. The van der Waals surface area contributed by atoms with Gasteiger partial charge in [0.05, 0.1) is 16.7 Å². The van der Waals surface area contributed by atoms with Crippen LogP contribution in [0.5, 0.6) is 0 Å². The van der Waals surface area contributed by atoms with Gasteiger partial charge in [-0.1, -0.05) is 18.5 Å². The smallest absolute Gasteiger partial charge is 0.0595 e. The third-order valence-electron chi connectivity index (χ3n) is 3.73. The lowest BCUT2D eigenvalue weighted by molar-refractivity contribution is -0.0125. The normalized spacial score (nSPS) is 27.3. The second kappa shape index (κ2) is 6.44. The van der Waals surface area contributed by atoms with E-state index in [1.165, 1.54) is 0 Å². The summed E-state index contributed by atoms with van der Waals surface area (Å²) in [4.78, 5) is 0. The number of hydrogen-bond donors (Lipinski definition) is 2. The minimum Gasteiger partial charge on any atom is -0.378 e. The van der Waals surface area contributed by atoms with E-state index in [0.717, 1.165) is 36.0 Å². The van der Waals surface area contributed by atoms with Gasteiger partial charge in [0.1, 0.15) is 0 Å². The monoisotopic (exact) mass is 346 g/mol. The maximum atomic E-state index is 6.13. The molecule has 3 N–H and O–H groups in total. The zero-order valence-electron chi connectivity index (χ0n) is 11.1. The highest BCUT2D eigenvalue weighted by Crippen LogP contribution is 2.32. The van der Waals surface area contributed by atoms with E-state index in [9.17, 15) is 0 Å². The molecule has 0 saturated carbocycles. The Morgan fingerprint density at radius 2 is 2.37 bits per heavy atom. The maximum absolute atomic E-state index is 6.13. The van der Waals surface area contributed by atoms with Crippen LogP contribution in [-0.2, 0) is 4.74 Å². The number of ether oxygens (including phenoxy) is 1. The Balaban J connectivity index is 2.15. The van der Waals surface area contributed by atoms with Crippen LogP contribution < -0.4 is 11.1 Å². The quantitative estimate of drug-likeness (QED) is 0.871. The summed E-state index contributed by atoms with van der Waals surface area (Å²) in [6.45, 7) is 3.50. The summed E-state index contributed by atoms with van der Waals surface area (Å²) in [6.07, 6.45) is 3.17. The highest BCUT2D eigenvalue weighted by atomic mass is 79.9. The van der Waals surface area contributed by atoms with Gasteiger partial charge in [0.25, 0.3) is 0 Å². The maximum Gasteiger partial charge on any atom is 0.0595 e. The minimum atomic E-state index is -0.0872. The predicted molar refractivity (Wildman–Crippen MR) is 83.8 cm³/mol. The van der Waals surface area contributed by atoms with E-state index in [-0.39, 0.29) is 11.6 Å². The van der Waals surface area contributed by atoms with Crippen molar-refractivity contribution in [1.29, 1.82) is 0 Å². The molecule has 1 aromatic rings. The molecule has 5 heteroatoms. The fourth-order valence-corrected chi connectivity index (χ4v) is 2.94. The molecule has 0 aromatic heterocycles. The Morgan fingerprint density at radius 3 is 3.00 bits per heavy atom. The van der Waals surface area contributed by atoms with Gasteiger partial charge in [-0.25, -0.2) is 0 Å². The lowest BCUT2D eigenvalue weighted by atomic mass is 9.85. The first-order chi connectivity index (χ1) is 9.08. The van der Waals surface area contributed by atoms with Gasteiger partial charge in [0.2, 0.25) is 0 Å². The van der Waals surface area contributed by atoms with E-state index in [0.29, 0.717) is 11.6 Å². The van der Waals surface area contributed by atoms with Crippen molar-refractivity contribution in [3.8, 4) is 0 Å². The number of benzene rings is 1. The summed E-state index contributed by atoms with van der Waals surface area (Å²) in [6, 6.07) is 5.90. The van der Waals surface area contributed by atoms with Crippen molar-refractivity contribution < 1.29 is 4.74 Å². The van der Waals surface area contributed by atoms with Crippen LogP contribution >= 0.6 is 27.5 Å². The average molecular weight is 348 g/mol. The van der Waals surface area contributed by atoms with Crippen LogP contribution in [0.15, 0.2) is 22.7 Å². The number of rotatable bonds is 4. The fraction of sp³-hybridized carbons (Fsp3) is 0.571. The summed E-state index contributed by atoms with van der Waals surface area (Å²) >= 11 is 9.53. The van der Waals surface area contributed by atoms with Crippen molar-refractivity contribution in [2.75, 3.05) is 18.5 Å². The summed E-state index contributed by atoms with van der Waals surface area (Å²) in [5, 5.41) is 4.27. The number of nitrogens with one attached hydrogen (secondary N) is 1. The van der Waals surface area contributed by atoms with Gasteiger partial charge in [0.15, 0.2) is 0 Å². The first-order valence-corrected chi connectivity index (χ1v) is 7.80. The van der Waals surface area contributed by atoms with E-state index in [2.05, 4.69) is 28.2 Å². The van der Waals surface area contributed by atoms with Crippen LogP contribution in [-0.4, -0.2) is 24.8 Å². The Hall–Kier alpha value is -0.290. The van der Waals surface area contributed by atoms with Gasteiger partial charge in [-0.05, 0) is 53.4 Å². The van der Waals surface area contributed by atoms with Crippen molar-refractivity contribution in [1.82, 2.24) is 0 Å². The molecular formula is C14H20BrClN2O.